The third-order valence-electron chi connectivity index (χ3n) is 3.83. The molecule has 0 radical (unpaired) electrons. The molecule has 2 atom stereocenters. The molecule has 90 valence electrons. The number of aromatic amines is 1. The van der Waals surface area contributed by atoms with Crippen molar-refractivity contribution in [2.24, 2.45) is 5.73 Å². The first kappa shape index (κ1) is 10.8. The van der Waals surface area contributed by atoms with Crippen molar-refractivity contribution in [3.8, 4) is 0 Å². The maximum atomic E-state index is 6.27. The Morgan fingerprint density at radius 2 is 1.94 bits per heavy atom. The van der Waals surface area contributed by atoms with Crippen LogP contribution in [-0.2, 0) is 0 Å². The van der Waals surface area contributed by atoms with Gasteiger partial charge in [0.1, 0.15) is 5.82 Å². The van der Waals surface area contributed by atoms with Crippen LogP contribution in [-0.4, -0.2) is 16.0 Å². The molecule has 3 N–H and O–H groups in total. The number of benzene rings is 1. The van der Waals surface area contributed by atoms with Gasteiger partial charge in [0.15, 0.2) is 0 Å². The third kappa shape index (κ3) is 2.07. The molecule has 2 aromatic rings. The Labute approximate surface area is 101 Å². The molecule has 1 saturated carbocycles. The normalized spacial score (nSPS) is 25.9. The summed E-state index contributed by atoms with van der Waals surface area (Å²) in [4.78, 5) is 8.13. The topological polar surface area (TPSA) is 54.7 Å². The number of nitrogens with one attached hydrogen (secondary N) is 1. The van der Waals surface area contributed by atoms with Crippen LogP contribution in [0.2, 0.25) is 0 Å². The lowest BCUT2D eigenvalue weighted by Gasteiger charge is -2.18. The highest BCUT2D eigenvalue weighted by Gasteiger charge is 2.24. The molecule has 0 spiro atoms. The number of nitrogens with zero attached hydrogens (tertiary/aromatic N) is 1. The number of para-hydroxylation sites is 2. The number of hydrogen-bond acceptors (Lipinski definition) is 2. The van der Waals surface area contributed by atoms with Crippen LogP contribution in [0.5, 0.6) is 0 Å². The maximum Gasteiger partial charge on any atom is 0.111 e. The Hall–Kier alpha value is -1.35. The number of H-pyrrole nitrogens is 1. The predicted molar refractivity (Wildman–Crippen MR) is 69.9 cm³/mol. The molecule has 0 saturated heterocycles. The van der Waals surface area contributed by atoms with E-state index in [1.54, 1.807) is 0 Å². The van der Waals surface area contributed by atoms with Gasteiger partial charge in [-0.3, -0.25) is 0 Å². The molecule has 1 aromatic carbocycles. The monoisotopic (exact) mass is 229 g/mol. The number of hydrogen-bond donors (Lipinski definition) is 2. The largest absolute Gasteiger partial charge is 0.342 e. The molecule has 17 heavy (non-hydrogen) atoms. The summed E-state index contributed by atoms with van der Waals surface area (Å²) in [5, 5.41) is 0. The van der Waals surface area contributed by atoms with Crippen LogP contribution in [0.25, 0.3) is 11.0 Å². The zero-order chi connectivity index (χ0) is 11.7. The lowest BCUT2D eigenvalue weighted by atomic mass is 9.95. The first-order valence-electron chi connectivity index (χ1n) is 6.55. The predicted octanol–water partition coefficient (Wildman–Crippen LogP) is 2.94. The zero-order valence-corrected chi connectivity index (χ0v) is 10.0. The van der Waals surface area contributed by atoms with E-state index in [2.05, 4.69) is 17.1 Å². The summed E-state index contributed by atoms with van der Waals surface area (Å²) in [7, 11) is 0. The highest BCUT2D eigenvalue weighted by molar-refractivity contribution is 5.74. The highest BCUT2D eigenvalue weighted by Crippen LogP contribution is 2.30. The first-order chi connectivity index (χ1) is 8.34. The van der Waals surface area contributed by atoms with E-state index in [0.29, 0.717) is 5.92 Å². The average Bonchev–Trinajstić information content (AvgIpc) is 2.65. The Morgan fingerprint density at radius 1 is 1.12 bits per heavy atom. The molecule has 0 amide bonds. The van der Waals surface area contributed by atoms with Crippen LogP contribution in [0.4, 0.5) is 0 Å². The van der Waals surface area contributed by atoms with Crippen molar-refractivity contribution in [1.29, 1.82) is 0 Å². The molecule has 0 bridgehead atoms. The standard InChI is InChI=1S/C14H19N3/c15-11-7-3-1-2-6-10(11)14-16-12-8-4-5-9-13(12)17-14/h4-5,8-11H,1-3,6-7,15H2,(H,16,17). The summed E-state index contributed by atoms with van der Waals surface area (Å²) >= 11 is 0. The molecule has 1 aromatic heterocycles. The molecule has 3 heteroatoms. The SMILES string of the molecule is NC1CCCCCC1c1nc2ccccc2[nH]1. The summed E-state index contributed by atoms with van der Waals surface area (Å²) in [5.41, 5.74) is 8.45. The Kier molecular flexibility index (Phi) is 2.85. The number of aromatic nitrogens is 2. The summed E-state index contributed by atoms with van der Waals surface area (Å²) in [5.74, 6) is 1.49. The number of fused-ring (bicyclic) bond motifs is 1. The molecule has 1 aliphatic rings. The second kappa shape index (κ2) is 4.49. The fourth-order valence-corrected chi connectivity index (χ4v) is 2.82. The lowest BCUT2D eigenvalue weighted by molar-refractivity contribution is 0.488. The van der Waals surface area contributed by atoms with Crippen LogP contribution >= 0.6 is 0 Å². The van der Waals surface area contributed by atoms with Crippen molar-refractivity contribution >= 4 is 11.0 Å². The van der Waals surface area contributed by atoms with Gasteiger partial charge in [0.05, 0.1) is 11.0 Å². The van der Waals surface area contributed by atoms with E-state index in [-0.39, 0.29) is 6.04 Å². The fraction of sp³-hybridized carbons (Fsp3) is 0.500. The van der Waals surface area contributed by atoms with Gasteiger partial charge < -0.3 is 10.7 Å². The molecular weight excluding hydrogens is 210 g/mol. The summed E-state index contributed by atoms with van der Waals surface area (Å²) in [6.07, 6.45) is 6.14. The number of nitrogens with two attached hydrogens (primary N) is 1. The summed E-state index contributed by atoms with van der Waals surface area (Å²) < 4.78 is 0. The number of imidazole rings is 1. The van der Waals surface area contributed by atoms with E-state index < -0.39 is 0 Å². The second-order valence-electron chi connectivity index (χ2n) is 5.05. The quantitative estimate of drug-likeness (QED) is 0.739. The van der Waals surface area contributed by atoms with E-state index >= 15 is 0 Å². The van der Waals surface area contributed by atoms with Gasteiger partial charge in [0.25, 0.3) is 0 Å². The molecule has 0 aliphatic heterocycles. The molecule has 2 unspecified atom stereocenters. The molecule has 1 heterocycles. The molecule has 1 fully saturated rings. The molecule has 1 aliphatic carbocycles. The van der Waals surface area contributed by atoms with E-state index in [0.717, 1.165) is 23.3 Å². The van der Waals surface area contributed by atoms with Crippen molar-refractivity contribution < 1.29 is 0 Å². The Bertz CT molecular complexity index is 470. The lowest BCUT2D eigenvalue weighted by Crippen LogP contribution is -2.27. The van der Waals surface area contributed by atoms with E-state index in [1.807, 2.05) is 12.1 Å². The van der Waals surface area contributed by atoms with Gasteiger partial charge in [-0.25, -0.2) is 4.98 Å². The summed E-state index contributed by atoms with van der Waals surface area (Å²) in [6.45, 7) is 0. The van der Waals surface area contributed by atoms with Crippen LogP contribution in [0.1, 0.15) is 43.8 Å². The summed E-state index contributed by atoms with van der Waals surface area (Å²) in [6, 6.07) is 8.46. The van der Waals surface area contributed by atoms with Gasteiger partial charge in [-0.05, 0) is 25.0 Å². The van der Waals surface area contributed by atoms with Crippen molar-refractivity contribution in [3.63, 3.8) is 0 Å². The fourth-order valence-electron chi connectivity index (χ4n) is 2.82. The van der Waals surface area contributed by atoms with Crippen molar-refractivity contribution in [1.82, 2.24) is 9.97 Å². The number of rotatable bonds is 1. The van der Waals surface area contributed by atoms with Crippen molar-refractivity contribution in [3.05, 3.63) is 30.1 Å². The minimum Gasteiger partial charge on any atom is -0.342 e. The highest BCUT2D eigenvalue weighted by atomic mass is 14.9. The maximum absolute atomic E-state index is 6.27. The van der Waals surface area contributed by atoms with Crippen LogP contribution in [0, 0.1) is 0 Å². The first-order valence-corrected chi connectivity index (χ1v) is 6.55. The van der Waals surface area contributed by atoms with E-state index in [4.69, 9.17) is 10.7 Å². The van der Waals surface area contributed by atoms with Gasteiger partial charge in [0, 0.05) is 12.0 Å². The molecule has 3 rings (SSSR count). The zero-order valence-electron chi connectivity index (χ0n) is 10.0. The average molecular weight is 229 g/mol. The van der Waals surface area contributed by atoms with E-state index in [9.17, 15) is 0 Å². The van der Waals surface area contributed by atoms with Gasteiger partial charge in [-0.2, -0.15) is 0 Å². The third-order valence-corrected chi connectivity index (χ3v) is 3.83. The van der Waals surface area contributed by atoms with Crippen molar-refractivity contribution in [2.75, 3.05) is 0 Å². The van der Waals surface area contributed by atoms with Crippen LogP contribution in [0.15, 0.2) is 24.3 Å². The van der Waals surface area contributed by atoms with Gasteiger partial charge in [0.2, 0.25) is 0 Å². The van der Waals surface area contributed by atoms with Crippen LogP contribution < -0.4 is 5.73 Å². The smallest absolute Gasteiger partial charge is 0.111 e. The van der Waals surface area contributed by atoms with Gasteiger partial charge in [-0.15, -0.1) is 0 Å². The minimum absolute atomic E-state index is 0.262. The van der Waals surface area contributed by atoms with Gasteiger partial charge in [-0.1, -0.05) is 31.4 Å². The van der Waals surface area contributed by atoms with Crippen LogP contribution in [0.3, 0.4) is 0 Å². The second-order valence-corrected chi connectivity index (χ2v) is 5.05. The molecular formula is C14H19N3. The minimum atomic E-state index is 0.262. The van der Waals surface area contributed by atoms with E-state index in [1.165, 1.54) is 25.7 Å². The Morgan fingerprint density at radius 3 is 2.82 bits per heavy atom. The Balaban J connectivity index is 1.95. The van der Waals surface area contributed by atoms with Gasteiger partial charge >= 0.3 is 0 Å². The molecule has 3 nitrogen and oxygen atoms in total. The van der Waals surface area contributed by atoms with Crippen molar-refractivity contribution in [2.45, 2.75) is 44.1 Å².